The average Bonchev–Trinajstić information content (AvgIpc) is 2.79. The van der Waals surface area contributed by atoms with Gasteiger partial charge in [0, 0.05) is 13.1 Å². The lowest BCUT2D eigenvalue weighted by Gasteiger charge is -2.43. The Hall–Kier alpha value is -0.0800. The van der Waals surface area contributed by atoms with Gasteiger partial charge in [0.1, 0.15) is 0 Å². The van der Waals surface area contributed by atoms with E-state index in [9.17, 15) is 0 Å². The topological polar surface area (TPSA) is 6.48 Å². The van der Waals surface area contributed by atoms with Gasteiger partial charge < -0.3 is 9.80 Å². The number of likely N-dealkylation sites (tertiary alicyclic amines) is 2. The number of rotatable bonds is 4. The van der Waals surface area contributed by atoms with Crippen molar-refractivity contribution in [2.24, 2.45) is 16.7 Å². The first-order chi connectivity index (χ1) is 9.26. The smallest absolute Gasteiger partial charge is 0.00353 e. The van der Waals surface area contributed by atoms with Crippen LogP contribution in [0.25, 0.3) is 0 Å². The zero-order valence-corrected chi connectivity index (χ0v) is 14.5. The fourth-order valence-corrected chi connectivity index (χ4v) is 4.19. The summed E-state index contributed by atoms with van der Waals surface area (Å²) in [4.78, 5) is 5.38. The average molecular weight is 280 g/mol. The number of piperidine rings is 1. The van der Waals surface area contributed by atoms with Crippen LogP contribution in [0.3, 0.4) is 0 Å². The van der Waals surface area contributed by atoms with Gasteiger partial charge in [-0.3, -0.25) is 0 Å². The highest BCUT2D eigenvalue weighted by Gasteiger charge is 2.34. The highest BCUT2D eigenvalue weighted by atomic mass is 15.2. The molecule has 0 amide bonds. The Bertz CT molecular complexity index is 289. The van der Waals surface area contributed by atoms with Gasteiger partial charge in [-0.05, 0) is 68.6 Å². The van der Waals surface area contributed by atoms with Gasteiger partial charge in [0.2, 0.25) is 0 Å². The van der Waals surface area contributed by atoms with Gasteiger partial charge >= 0.3 is 0 Å². The first kappa shape index (κ1) is 16.3. The minimum atomic E-state index is 0.442. The van der Waals surface area contributed by atoms with E-state index < -0.39 is 0 Å². The van der Waals surface area contributed by atoms with Gasteiger partial charge in [0.05, 0.1) is 0 Å². The maximum Gasteiger partial charge on any atom is 0.00353 e. The Labute approximate surface area is 126 Å². The molecule has 2 heteroatoms. The summed E-state index contributed by atoms with van der Waals surface area (Å²) in [5.41, 5.74) is 0.941. The maximum absolute atomic E-state index is 2.70. The van der Waals surface area contributed by atoms with Crippen molar-refractivity contribution in [3.05, 3.63) is 0 Å². The molecule has 0 aromatic rings. The summed E-state index contributed by atoms with van der Waals surface area (Å²) in [7, 11) is 0. The summed E-state index contributed by atoms with van der Waals surface area (Å²) in [6.07, 6.45) is 5.63. The van der Waals surface area contributed by atoms with E-state index in [0.29, 0.717) is 10.8 Å². The lowest BCUT2D eigenvalue weighted by Crippen LogP contribution is -2.45. The SMILES string of the molecule is CC(C)(C)CN1CCC(C(C)(C)CN2CCCC2)CC1. The molecule has 0 aromatic heterocycles. The minimum absolute atomic E-state index is 0.442. The van der Waals surface area contributed by atoms with E-state index >= 15 is 0 Å². The molecule has 2 rings (SSSR count). The summed E-state index contributed by atoms with van der Waals surface area (Å²) in [6.45, 7) is 20.0. The molecule has 2 aliphatic rings. The van der Waals surface area contributed by atoms with Crippen LogP contribution in [0, 0.1) is 16.7 Å². The molecular weight excluding hydrogens is 244 g/mol. The van der Waals surface area contributed by atoms with Crippen molar-refractivity contribution in [1.82, 2.24) is 9.80 Å². The van der Waals surface area contributed by atoms with E-state index in [4.69, 9.17) is 0 Å². The first-order valence-corrected chi connectivity index (χ1v) is 8.71. The van der Waals surface area contributed by atoms with Crippen molar-refractivity contribution in [3.8, 4) is 0 Å². The van der Waals surface area contributed by atoms with Gasteiger partial charge in [-0.2, -0.15) is 0 Å². The highest BCUT2D eigenvalue weighted by molar-refractivity contribution is 4.87. The lowest BCUT2D eigenvalue weighted by molar-refractivity contribution is 0.0591. The van der Waals surface area contributed by atoms with E-state index in [2.05, 4.69) is 44.4 Å². The van der Waals surface area contributed by atoms with Crippen LogP contribution in [0.1, 0.15) is 60.3 Å². The van der Waals surface area contributed by atoms with E-state index in [-0.39, 0.29) is 0 Å². The summed E-state index contributed by atoms with van der Waals surface area (Å²) in [5.74, 6) is 0.916. The highest BCUT2D eigenvalue weighted by Crippen LogP contribution is 2.37. The molecule has 0 saturated carbocycles. The van der Waals surface area contributed by atoms with Crippen LogP contribution in [-0.2, 0) is 0 Å². The van der Waals surface area contributed by atoms with Crippen molar-refractivity contribution in [3.63, 3.8) is 0 Å². The molecule has 0 radical (unpaired) electrons. The molecule has 2 fully saturated rings. The van der Waals surface area contributed by atoms with Gasteiger partial charge in [-0.15, -0.1) is 0 Å². The molecule has 2 saturated heterocycles. The molecule has 2 nitrogen and oxygen atoms in total. The van der Waals surface area contributed by atoms with Crippen molar-refractivity contribution in [1.29, 1.82) is 0 Å². The molecule has 0 atom stereocenters. The van der Waals surface area contributed by atoms with Crippen molar-refractivity contribution in [2.45, 2.75) is 60.3 Å². The molecule has 20 heavy (non-hydrogen) atoms. The Morgan fingerprint density at radius 1 is 0.750 bits per heavy atom. The van der Waals surface area contributed by atoms with Crippen molar-refractivity contribution >= 4 is 0 Å². The Kier molecular flexibility index (Phi) is 5.18. The summed E-state index contributed by atoms with van der Waals surface area (Å²) in [6, 6.07) is 0. The van der Waals surface area contributed by atoms with Crippen LogP contribution in [-0.4, -0.2) is 49.1 Å². The van der Waals surface area contributed by atoms with E-state index in [0.717, 1.165) is 5.92 Å². The largest absolute Gasteiger partial charge is 0.303 e. The zero-order chi connectivity index (χ0) is 14.8. The van der Waals surface area contributed by atoms with Crippen LogP contribution in [0.2, 0.25) is 0 Å². The zero-order valence-electron chi connectivity index (χ0n) is 14.5. The van der Waals surface area contributed by atoms with Crippen LogP contribution in [0.5, 0.6) is 0 Å². The monoisotopic (exact) mass is 280 g/mol. The van der Waals surface area contributed by atoms with E-state index in [1.807, 2.05) is 0 Å². The Morgan fingerprint density at radius 2 is 1.25 bits per heavy atom. The standard InChI is InChI=1S/C18H36N2/c1-17(2,3)14-20-12-8-16(9-13-20)18(4,5)15-19-10-6-7-11-19/h16H,6-15H2,1-5H3. The second-order valence-electron chi connectivity index (χ2n) is 9.08. The van der Waals surface area contributed by atoms with Gasteiger partial charge in [-0.1, -0.05) is 34.6 Å². The molecular formula is C18H36N2. The van der Waals surface area contributed by atoms with Gasteiger partial charge in [-0.25, -0.2) is 0 Å². The third-order valence-electron chi connectivity index (χ3n) is 5.22. The normalized spacial score (nSPS) is 24.4. The van der Waals surface area contributed by atoms with Crippen LogP contribution < -0.4 is 0 Å². The molecule has 0 spiro atoms. The molecule has 0 aromatic carbocycles. The molecule has 0 bridgehead atoms. The van der Waals surface area contributed by atoms with Crippen LogP contribution in [0.15, 0.2) is 0 Å². The van der Waals surface area contributed by atoms with E-state index in [1.54, 1.807) is 0 Å². The minimum Gasteiger partial charge on any atom is -0.303 e. The summed E-state index contributed by atoms with van der Waals surface area (Å²) >= 11 is 0. The fourth-order valence-electron chi connectivity index (χ4n) is 4.19. The quantitative estimate of drug-likeness (QED) is 0.771. The lowest BCUT2D eigenvalue weighted by atomic mass is 9.73. The maximum atomic E-state index is 2.70. The van der Waals surface area contributed by atoms with Gasteiger partial charge in [0.15, 0.2) is 0 Å². The summed E-state index contributed by atoms with van der Waals surface area (Å²) in [5, 5.41) is 0. The fraction of sp³-hybridized carbons (Fsp3) is 1.00. The molecule has 0 N–H and O–H groups in total. The predicted molar refractivity (Wildman–Crippen MR) is 88.1 cm³/mol. The number of hydrogen-bond acceptors (Lipinski definition) is 2. The first-order valence-electron chi connectivity index (χ1n) is 8.71. The van der Waals surface area contributed by atoms with E-state index in [1.165, 1.54) is 65.0 Å². The predicted octanol–water partition coefficient (Wildman–Crippen LogP) is 3.87. The second-order valence-corrected chi connectivity index (χ2v) is 9.08. The second kappa shape index (κ2) is 6.36. The molecule has 0 aliphatic carbocycles. The van der Waals surface area contributed by atoms with Crippen LogP contribution >= 0.6 is 0 Å². The molecule has 2 heterocycles. The molecule has 0 unspecified atom stereocenters. The van der Waals surface area contributed by atoms with Crippen LogP contribution in [0.4, 0.5) is 0 Å². The number of nitrogens with zero attached hydrogens (tertiary/aromatic N) is 2. The Morgan fingerprint density at radius 3 is 1.75 bits per heavy atom. The summed E-state index contributed by atoms with van der Waals surface area (Å²) < 4.78 is 0. The number of hydrogen-bond donors (Lipinski definition) is 0. The van der Waals surface area contributed by atoms with Gasteiger partial charge in [0.25, 0.3) is 0 Å². The molecule has 118 valence electrons. The van der Waals surface area contributed by atoms with Crippen molar-refractivity contribution in [2.75, 3.05) is 39.3 Å². The third kappa shape index (κ3) is 4.73. The Balaban J connectivity index is 1.79. The third-order valence-corrected chi connectivity index (χ3v) is 5.22. The van der Waals surface area contributed by atoms with Crippen molar-refractivity contribution < 1.29 is 0 Å². The molecule has 2 aliphatic heterocycles.